The maximum absolute atomic E-state index is 12.5. The molecule has 0 bridgehead atoms. The predicted octanol–water partition coefficient (Wildman–Crippen LogP) is 3.82. The SMILES string of the molecule is C=CCOc1ccc(C(=O)C=Cc2c(O)cc(OCOC)cc2OCOC)cc1. The van der Waals surface area contributed by atoms with Crippen molar-refractivity contribution in [3.05, 3.63) is 66.3 Å². The van der Waals surface area contributed by atoms with E-state index in [0.717, 1.165) is 0 Å². The minimum absolute atomic E-state index is 0.0172. The minimum Gasteiger partial charge on any atom is -0.507 e. The van der Waals surface area contributed by atoms with E-state index in [0.29, 0.717) is 35.0 Å². The fraction of sp³-hybridized carbons (Fsp3) is 0.227. The second kappa shape index (κ2) is 11.5. The molecular formula is C22H24O7. The van der Waals surface area contributed by atoms with Crippen LogP contribution in [0.3, 0.4) is 0 Å². The topological polar surface area (TPSA) is 83.5 Å². The van der Waals surface area contributed by atoms with Gasteiger partial charge in [-0.15, -0.1) is 0 Å². The highest BCUT2D eigenvalue weighted by atomic mass is 16.7. The van der Waals surface area contributed by atoms with E-state index in [1.807, 2.05) is 0 Å². The van der Waals surface area contributed by atoms with Crippen LogP contribution in [0.5, 0.6) is 23.0 Å². The summed E-state index contributed by atoms with van der Waals surface area (Å²) in [6.07, 6.45) is 4.47. The number of rotatable bonds is 12. The first-order chi connectivity index (χ1) is 14.1. The molecular weight excluding hydrogens is 376 g/mol. The van der Waals surface area contributed by atoms with E-state index in [4.69, 9.17) is 23.7 Å². The molecule has 0 aromatic heterocycles. The van der Waals surface area contributed by atoms with E-state index < -0.39 is 0 Å². The standard InChI is InChI=1S/C22H24O7/c1-4-11-27-17-7-5-16(6-8-17)20(23)10-9-19-21(24)12-18(28-14-25-2)13-22(19)29-15-26-3/h4-10,12-13,24H,1,11,14-15H2,2-3H3. The summed E-state index contributed by atoms with van der Waals surface area (Å²) in [6.45, 7) is 3.96. The van der Waals surface area contributed by atoms with Gasteiger partial charge < -0.3 is 28.8 Å². The summed E-state index contributed by atoms with van der Waals surface area (Å²) in [5.74, 6) is 0.952. The predicted molar refractivity (Wildman–Crippen MR) is 109 cm³/mol. The van der Waals surface area contributed by atoms with E-state index in [2.05, 4.69) is 6.58 Å². The molecule has 0 aliphatic rings. The molecule has 0 aliphatic carbocycles. The Bertz CT molecular complexity index is 841. The number of methoxy groups -OCH3 is 2. The zero-order valence-electron chi connectivity index (χ0n) is 16.4. The molecule has 2 rings (SSSR count). The number of hydrogen-bond acceptors (Lipinski definition) is 7. The normalized spacial score (nSPS) is 10.7. The largest absolute Gasteiger partial charge is 0.507 e. The van der Waals surface area contributed by atoms with Crippen LogP contribution in [0.4, 0.5) is 0 Å². The molecule has 29 heavy (non-hydrogen) atoms. The summed E-state index contributed by atoms with van der Waals surface area (Å²) in [5, 5.41) is 10.3. The molecule has 2 aromatic carbocycles. The molecule has 0 heterocycles. The Morgan fingerprint density at radius 1 is 1.00 bits per heavy atom. The van der Waals surface area contributed by atoms with Crippen LogP contribution < -0.4 is 14.2 Å². The molecule has 0 fully saturated rings. The van der Waals surface area contributed by atoms with E-state index in [-0.39, 0.29) is 25.1 Å². The first kappa shape index (κ1) is 22.0. The second-order valence-electron chi connectivity index (χ2n) is 5.78. The van der Waals surface area contributed by atoms with Gasteiger partial charge >= 0.3 is 0 Å². The molecule has 2 aromatic rings. The third-order valence-corrected chi connectivity index (χ3v) is 3.68. The number of carbonyl (C=O) groups is 1. The van der Waals surface area contributed by atoms with Crippen LogP contribution >= 0.6 is 0 Å². The van der Waals surface area contributed by atoms with Gasteiger partial charge in [-0.3, -0.25) is 4.79 Å². The van der Waals surface area contributed by atoms with E-state index in [9.17, 15) is 9.90 Å². The third-order valence-electron chi connectivity index (χ3n) is 3.68. The van der Waals surface area contributed by atoms with Crippen LogP contribution in [0.1, 0.15) is 15.9 Å². The fourth-order valence-corrected chi connectivity index (χ4v) is 2.33. The van der Waals surface area contributed by atoms with Crippen LogP contribution in [0, 0.1) is 0 Å². The number of ether oxygens (including phenoxy) is 5. The van der Waals surface area contributed by atoms with Crippen molar-refractivity contribution in [1.29, 1.82) is 0 Å². The molecule has 0 aliphatic heterocycles. The Balaban J connectivity index is 2.20. The molecule has 0 spiro atoms. The lowest BCUT2D eigenvalue weighted by Crippen LogP contribution is -2.03. The summed E-state index contributed by atoms with van der Waals surface area (Å²) < 4.78 is 26.0. The van der Waals surface area contributed by atoms with Gasteiger partial charge in [0.15, 0.2) is 19.4 Å². The summed E-state index contributed by atoms with van der Waals surface area (Å²) in [5.41, 5.74) is 0.803. The Labute approximate surface area is 169 Å². The van der Waals surface area contributed by atoms with Crippen LogP contribution in [0.25, 0.3) is 6.08 Å². The fourth-order valence-electron chi connectivity index (χ4n) is 2.33. The average molecular weight is 400 g/mol. The van der Waals surface area contributed by atoms with Gasteiger partial charge in [0.25, 0.3) is 0 Å². The van der Waals surface area contributed by atoms with E-state index >= 15 is 0 Å². The van der Waals surface area contributed by atoms with Crippen LogP contribution in [-0.2, 0) is 9.47 Å². The second-order valence-corrected chi connectivity index (χ2v) is 5.78. The molecule has 154 valence electrons. The number of aromatic hydroxyl groups is 1. The highest BCUT2D eigenvalue weighted by Crippen LogP contribution is 2.34. The molecule has 0 amide bonds. The van der Waals surface area contributed by atoms with Crippen LogP contribution in [-0.4, -0.2) is 45.3 Å². The van der Waals surface area contributed by atoms with Gasteiger partial charge in [0.2, 0.25) is 0 Å². The van der Waals surface area contributed by atoms with Crippen LogP contribution in [0.2, 0.25) is 0 Å². The molecule has 0 atom stereocenters. The summed E-state index contributed by atoms with van der Waals surface area (Å²) in [7, 11) is 2.97. The molecule has 7 nitrogen and oxygen atoms in total. The first-order valence-corrected chi connectivity index (χ1v) is 8.75. The number of ketones is 1. The van der Waals surface area contributed by atoms with E-state index in [1.54, 1.807) is 36.4 Å². The Morgan fingerprint density at radius 2 is 1.69 bits per heavy atom. The van der Waals surface area contributed by atoms with Gasteiger partial charge in [-0.05, 0) is 36.4 Å². The maximum Gasteiger partial charge on any atom is 0.188 e. The monoisotopic (exact) mass is 400 g/mol. The minimum atomic E-state index is -0.239. The van der Waals surface area contributed by atoms with Gasteiger partial charge in [0, 0.05) is 31.9 Å². The maximum atomic E-state index is 12.5. The first-order valence-electron chi connectivity index (χ1n) is 8.75. The lowest BCUT2D eigenvalue weighted by atomic mass is 10.1. The number of phenols is 1. The van der Waals surface area contributed by atoms with Crippen molar-refractivity contribution in [2.75, 3.05) is 34.4 Å². The molecule has 0 radical (unpaired) electrons. The molecule has 0 unspecified atom stereocenters. The van der Waals surface area contributed by atoms with Crippen molar-refractivity contribution in [3.8, 4) is 23.0 Å². The highest BCUT2D eigenvalue weighted by molar-refractivity contribution is 6.07. The third kappa shape index (κ3) is 6.67. The number of hydrogen-bond donors (Lipinski definition) is 1. The van der Waals surface area contributed by atoms with Crippen molar-refractivity contribution in [2.45, 2.75) is 0 Å². The van der Waals surface area contributed by atoms with Crippen molar-refractivity contribution in [1.82, 2.24) is 0 Å². The van der Waals surface area contributed by atoms with Crippen molar-refractivity contribution in [3.63, 3.8) is 0 Å². The molecule has 0 saturated carbocycles. The van der Waals surface area contributed by atoms with Crippen molar-refractivity contribution < 1.29 is 33.6 Å². The van der Waals surface area contributed by atoms with Crippen molar-refractivity contribution >= 4 is 11.9 Å². The van der Waals surface area contributed by atoms with Crippen molar-refractivity contribution in [2.24, 2.45) is 0 Å². The van der Waals surface area contributed by atoms with Gasteiger partial charge in [-0.2, -0.15) is 0 Å². The quantitative estimate of drug-likeness (QED) is 0.251. The zero-order valence-corrected chi connectivity index (χ0v) is 16.4. The number of phenolic OH excluding ortho intramolecular Hbond substituents is 1. The Hall–Kier alpha value is -3.29. The molecule has 1 N–H and O–H groups in total. The van der Waals surface area contributed by atoms with Crippen LogP contribution in [0.15, 0.2) is 55.1 Å². The summed E-state index contributed by atoms with van der Waals surface area (Å²) in [6, 6.07) is 9.72. The highest BCUT2D eigenvalue weighted by Gasteiger charge is 2.12. The number of benzene rings is 2. The van der Waals surface area contributed by atoms with Gasteiger partial charge in [0.05, 0.1) is 5.56 Å². The molecule has 0 saturated heterocycles. The average Bonchev–Trinajstić information content (AvgIpc) is 2.74. The van der Waals surface area contributed by atoms with Gasteiger partial charge in [-0.1, -0.05) is 12.7 Å². The number of carbonyl (C=O) groups excluding carboxylic acids is 1. The number of allylic oxidation sites excluding steroid dienone is 1. The Morgan fingerprint density at radius 3 is 2.34 bits per heavy atom. The van der Waals surface area contributed by atoms with E-state index in [1.165, 1.54) is 32.4 Å². The zero-order chi connectivity index (χ0) is 21.1. The molecule has 7 heteroatoms. The lowest BCUT2D eigenvalue weighted by Gasteiger charge is -2.13. The summed E-state index contributed by atoms with van der Waals surface area (Å²) >= 11 is 0. The Kier molecular flexibility index (Phi) is 8.75. The smallest absolute Gasteiger partial charge is 0.188 e. The lowest BCUT2D eigenvalue weighted by molar-refractivity contribution is 0.0457. The van der Waals surface area contributed by atoms with Gasteiger partial charge in [0.1, 0.15) is 29.6 Å². The summed E-state index contributed by atoms with van der Waals surface area (Å²) in [4.78, 5) is 12.5. The van der Waals surface area contributed by atoms with Gasteiger partial charge in [-0.25, -0.2) is 0 Å².